The number of hydrogen-bond donors (Lipinski definition) is 2. The standard InChI is InChI=1S/C15H16N4O/c1-4-6-12(5-2)11(3)18-15(20)13(10-16)9-14-7-8-17-19-14/h4-9,11H,1-2H2,3H3,(H,17,19)(H,18,20)/b12-6+,13-9+. The minimum atomic E-state index is -0.452. The van der Waals surface area contributed by atoms with Gasteiger partial charge in [0, 0.05) is 6.20 Å². The Morgan fingerprint density at radius 1 is 1.60 bits per heavy atom. The van der Waals surface area contributed by atoms with Crippen molar-refractivity contribution in [2.24, 2.45) is 0 Å². The first-order valence-electron chi connectivity index (χ1n) is 5.99. The molecule has 1 unspecified atom stereocenters. The number of amides is 1. The monoisotopic (exact) mass is 268 g/mol. The summed E-state index contributed by atoms with van der Waals surface area (Å²) in [6.45, 7) is 9.08. The van der Waals surface area contributed by atoms with Crippen molar-refractivity contribution in [3.05, 3.63) is 60.5 Å². The molecule has 0 aromatic carbocycles. The highest BCUT2D eigenvalue weighted by atomic mass is 16.1. The molecule has 0 bridgehead atoms. The Bertz CT molecular complexity index is 588. The first-order chi connectivity index (χ1) is 9.62. The van der Waals surface area contributed by atoms with Gasteiger partial charge < -0.3 is 5.32 Å². The lowest BCUT2D eigenvalue weighted by molar-refractivity contribution is -0.117. The smallest absolute Gasteiger partial charge is 0.262 e. The number of aromatic amines is 1. The van der Waals surface area contributed by atoms with Gasteiger partial charge in [0.25, 0.3) is 5.91 Å². The Labute approximate surface area is 118 Å². The number of hydrogen-bond acceptors (Lipinski definition) is 3. The van der Waals surface area contributed by atoms with Crippen LogP contribution in [0.25, 0.3) is 6.08 Å². The minimum absolute atomic E-state index is 0.00288. The first-order valence-corrected chi connectivity index (χ1v) is 5.99. The number of rotatable bonds is 6. The van der Waals surface area contributed by atoms with E-state index in [2.05, 4.69) is 28.7 Å². The molecule has 1 heterocycles. The summed E-state index contributed by atoms with van der Waals surface area (Å²) in [4.78, 5) is 12.0. The molecule has 0 saturated heterocycles. The molecule has 1 rings (SSSR count). The maximum Gasteiger partial charge on any atom is 0.262 e. The highest BCUT2D eigenvalue weighted by molar-refractivity contribution is 6.01. The van der Waals surface area contributed by atoms with Gasteiger partial charge in [-0.3, -0.25) is 9.89 Å². The van der Waals surface area contributed by atoms with E-state index in [0.717, 1.165) is 5.57 Å². The van der Waals surface area contributed by atoms with E-state index < -0.39 is 5.91 Å². The van der Waals surface area contributed by atoms with Crippen LogP contribution in [0.3, 0.4) is 0 Å². The van der Waals surface area contributed by atoms with Gasteiger partial charge in [-0.25, -0.2) is 0 Å². The molecule has 0 aliphatic rings. The lowest BCUT2D eigenvalue weighted by Crippen LogP contribution is -2.34. The molecule has 0 radical (unpaired) electrons. The van der Waals surface area contributed by atoms with Crippen LogP contribution in [-0.2, 0) is 4.79 Å². The summed E-state index contributed by atoms with van der Waals surface area (Å²) in [7, 11) is 0. The molecule has 1 aromatic heterocycles. The SMILES string of the molecule is C=C/C=C(\C=C)C(C)NC(=O)/C(C#N)=C/c1ccn[nH]1. The summed E-state index contributed by atoms with van der Waals surface area (Å²) in [6, 6.07) is 3.27. The van der Waals surface area contributed by atoms with Crippen molar-refractivity contribution in [3.8, 4) is 6.07 Å². The number of carbonyl (C=O) groups is 1. The van der Waals surface area contributed by atoms with Crippen LogP contribution in [0.5, 0.6) is 0 Å². The van der Waals surface area contributed by atoms with Crippen LogP contribution in [0.1, 0.15) is 12.6 Å². The van der Waals surface area contributed by atoms with Gasteiger partial charge in [-0.15, -0.1) is 0 Å². The number of aromatic nitrogens is 2. The average molecular weight is 268 g/mol. The Kier molecular flexibility index (Phi) is 5.73. The predicted octanol–water partition coefficient (Wildman–Crippen LogP) is 2.12. The first kappa shape index (κ1) is 15.2. The molecule has 0 aliphatic heterocycles. The van der Waals surface area contributed by atoms with Gasteiger partial charge in [0.15, 0.2) is 0 Å². The lowest BCUT2D eigenvalue weighted by atomic mass is 10.1. The van der Waals surface area contributed by atoms with Gasteiger partial charge in [-0.1, -0.05) is 31.4 Å². The fourth-order valence-corrected chi connectivity index (χ4v) is 1.53. The van der Waals surface area contributed by atoms with E-state index in [-0.39, 0.29) is 11.6 Å². The summed E-state index contributed by atoms with van der Waals surface area (Å²) < 4.78 is 0. The maximum absolute atomic E-state index is 12.0. The highest BCUT2D eigenvalue weighted by Crippen LogP contribution is 2.07. The molecular formula is C15H16N4O. The summed E-state index contributed by atoms with van der Waals surface area (Å²) in [6.07, 6.45) is 8.00. The number of nitrogens with zero attached hydrogens (tertiary/aromatic N) is 2. The molecule has 0 spiro atoms. The predicted molar refractivity (Wildman–Crippen MR) is 78.3 cm³/mol. The molecule has 5 heteroatoms. The Morgan fingerprint density at radius 3 is 2.85 bits per heavy atom. The summed E-state index contributed by atoms with van der Waals surface area (Å²) in [5.74, 6) is -0.452. The van der Waals surface area contributed by atoms with Crippen LogP contribution >= 0.6 is 0 Å². The van der Waals surface area contributed by atoms with E-state index in [4.69, 9.17) is 5.26 Å². The zero-order chi connectivity index (χ0) is 15.0. The number of nitrogens with one attached hydrogen (secondary N) is 2. The van der Waals surface area contributed by atoms with Crippen molar-refractivity contribution in [1.82, 2.24) is 15.5 Å². The molecule has 0 aliphatic carbocycles. The molecule has 1 atom stereocenters. The van der Waals surface area contributed by atoms with Crippen LogP contribution in [0.4, 0.5) is 0 Å². The summed E-state index contributed by atoms with van der Waals surface area (Å²) >= 11 is 0. The molecule has 1 aromatic rings. The van der Waals surface area contributed by atoms with Crippen molar-refractivity contribution >= 4 is 12.0 Å². The van der Waals surface area contributed by atoms with Crippen molar-refractivity contribution in [3.63, 3.8) is 0 Å². The number of carbonyl (C=O) groups excluding carboxylic acids is 1. The van der Waals surface area contributed by atoms with Gasteiger partial charge in [0.1, 0.15) is 11.6 Å². The fraction of sp³-hybridized carbons (Fsp3) is 0.133. The van der Waals surface area contributed by atoms with Crippen LogP contribution in [0, 0.1) is 11.3 Å². The zero-order valence-electron chi connectivity index (χ0n) is 11.3. The molecule has 0 saturated carbocycles. The molecule has 0 fully saturated rings. The number of nitriles is 1. The normalized spacial score (nSPS) is 13.2. The van der Waals surface area contributed by atoms with Crippen molar-refractivity contribution in [1.29, 1.82) is 5.26 Å². The zero-order valence-corrected chi connectivity index (χ0v) is 11.3. The van der Waals surface area contributed by atoms with Crippen molar-refractivity contribution < 1.29 is 4.79 Å². The average Bonchev–Trinajstić information content (AvgIpc) is 2.94. The van der Waals surface area contributed by atoms with Gasteiger partial charge in [-0.2, -0.15) is 10.4 Å². The van der Waals surface area contributed by atoms with E-state index in [0.29, 0.717) is 5.69 Å². The summed E-state index contributed by atoms with van der Waals surface area (Å²) in [5.41, 5.74) is 1.41. The number of H-pyrrole nitrogens is 1. The largest absolute Gasteiger partial charge is 0.345 e. The second kappa shape index (κ2) is 7.54. The molecule has 20 heavy (non-hydrogen) atoms. The third-order valence-electron chi connectivity index (χ3n) is 2.58. The molecule has 2 N–H and O–H groups in total. The Balaban J connectivity index is 2.84. The second-order valence-electron chi connectivity index (χ2n) is 3.98. The molecule has 1 amide bonds. The number of allylic oxidation sites excluding steroid dienone is 2. The Morgan fingerprint density at radius 2 is 2.35 bits per heavy atom. The van der Waals surface area contributed by atoms with Crippen LogP contribution < -0.4 is 5.32 Å². The fourth-order valence-electron chi connectivity index (χ4n) is 1.53. The second-order valence-corrected chi connectivity index (χ2v) is 3.98. The van der Waals surface area contributed by atoms with Gasteiger partial charge >= 0.3 is 0 Å². The van der Waals surface area contributed by atoms with Gasteiger partial charge in [-0.05, 0) is 24.6 Å². The third-order valence-corrected chi connectivity index (χ3v) is 2.58. The molecule has 5 nitrogen and oxygen atoms in total. The van der Waals surface area contributed by atoms with Crippen LogP contribution in [0.15, 0.2) is 54.8 Å². The summed E-state index contributed by atoms with van der Waals surface area (Å²) in [5, 5.41) is 18.2. The van der Waals surface area contributed by atoms with E-state index >= 15 is 0 Å². The van der Waals surface area contributed by atoms with E-state index in [1.807, 2.05) is 6.07 Å². The maximum atomic E-state index is 12.0. The Hall–Kier alpha value is -2.87. The van der Waals surface area contributed by atoms with Crippen molar-refractivity contribution in [2.45, 2.75) is 13.0 Å². The van der Waals surface area contributed by atoms with Crippen LogP contribution in [0.2, 0.25) is 0 Å². The topological polar surface area (TPSA) is 81.6 Å². The van der Waals surface area contributed by atoms with E-state index in [9.17, 15) is 4.79 Å². The molecular weight excluding hydrogens is 252 g/mol. The van der Waals surface area contributed by atoms with Crippen molar-refractivity contribution in [2.75, 3.05) is 0 Å². The highest BCUT2D eigenvalue weighted by Gasteiger charge is 2.14. The lowest BCUT2D eigenvalue weighted by Gasteiger charge is -2.14. The third kappa shape index (κ3) is 4.10. The minimum Gasteiger partial charge on any atom is -0.345 e. The quantitative estimate of drug-likeness (QED) is 0.471. The van der Waals surface area contributed by atoms with E-state index in [1.54, 1.807) is 37.4 Å². The van der Waals surface area contributed by atoms with Gasteiger partial charge in [0.2, 0.25) is 0 Å². The van der Waals surface area contributed by atoms with Crippen LogP contribution in [-0.4, -0.2) is 22.1 Å². The van der Waals surface area contributed by atoms with Gasteiger partial charge in [0.05, 0.1) is 11.7 Å². The molecule has 102 valence electrons. The van der Waals surface area contributed by atoms with E-state index in [1.165, 1.54) is 6.08 Å².